The summed E-state index contributed by atoms with van der Waals surface area (Å²) >= 11 is 0. The summed E-state index contributed by atoms with van der Waals surface area (Å²) in [6.45, 7) is 13.8. The number of rotatable bonds is 1. The van der Waals surface area contributed by atoms with Crippen LogP contribution in [0.4, 0.5) is 0 Å². The lowest BCUT2D eigenvalue weighted by Crippen LogP contribution is -2.25. The molecular formula is C13H24N2. The van der Waals surface area contributed by atoms with Gasteiger partial charge in [0.25, 0.3) is 0 Å². The zero-order valence-corrected chi connectivity index (χ0v) is 10.9. The van der Waals surface area contributed by atoms with E-state index in [2.05, 4.69) is 11.7 Å². The maximum absolute atomic E-state index is 4.06. The van der Waals surface area contributed by atoms with Crippen LogP contribution < -0.4 is 10.6 Å². The van der Waals surface area contributed by atoms with Gasteiger partial charge in [0.2, 0.25) is 0 Å². The van der Waals surface area contributed by atoms with Crippen LogP contribution in [0.1, 0.15) is 34.6 Å². The second-order valence-electron chi connectivity index (χ2n) is 2.37. The molecule has 1 aromatic rings. The van der Waals surface area contributed by atoms with Crippen molar-refractivity contribution in [3.63, 3.8) is 0 Å². The average molecular weight is 208 g/mol. The molecule has 0 saturated heterocycles. The molecule has 0 aliphatic rings. The van der Waals surface area contributed by atoms with Crippen molar-refractivity contribution >= 4 is 12.7 Å². The predicted molar refractivity (Wildman–Crippen MR) is 70.0 cm³/mol. The number of aromatic nitrogens is 2. The molecule has 0 aromatic carbocycles. The Hall–Kier alpha value is -1.31. The molecule has 1 aromatic heterocycles. The molecule has 2 nitrogen and oxygen atoms in total. The fourth-order valence-corrected chi connectivity index (χ4v) is 0.895. The van der Waals surface area contributed by atoms with Crippen molar-refractivity contribution in [1.29, 1.82) is 0 Å². The first-order valence-electron chi connectivity index (χ1n) is 5.55. The third-order valence-corrected chi connectivity index (χ3v) is 1.51. The highest BCUT2D eigenvalue weighted by Crippen LogP contribution is 1.70. The van der Waals surface area contributed by atoms with Crippen LogP contribution in [0.15, 0.2) is 18.3 Å². The van der Waals surface area contributed by atoms with Gasteiger partial charge in [-0.3, -0.25) is 4.68 Å². The second kappa shape index (κ2) is 10.8. The lowest BCUT2D eigenvalue weighted by molar-refractivity contribution is 0.743. The molecule has 0 aliphatic carbocycles. The molecule has 0 unspecified atom stereocenters. The smallest absolute Gasteiger partial charge is 0.0672 e. The van der Waals surface area contributed by atoms with Crippen LogP contribution >= 0.6 is 0 Å². The second-order valence-corrected chi connectivity index (χ2v) is 2.37. The zero-order valence-electron chi connectivity index (χ0n) is 10.9. The standard InChI is InChI=1S/C9H12N2.2C2H6/c1-4-5-6-9-8(2)7-10-11(9)3;2*1-2/h4-7H,2H2,1,3H3;2*1-2H3/b5-4-,9-6+;;. The first-order chi connectivity index (χ1) is 7.25. The van der Waals surface area contributed by atoms with E-state index < -0.39 is 0 Å². The normalized spacial score (nSPS) is 10.4. The average Bonchev–Trinajstić information content (AvgIpc) is 2.62. The van der Waals surface area contributed by atoms with Crippen LogP contribution in [-0.4, -0.2) is 9.78 Å². The Bertz CT molecular complexity index is 358. The van der Waals surface area contributed by atoms with Gasteiger partial charge in [-0.2, -0.15) is 5.10 Å². The number of hydrogen-bond donors (Lipinski definition) is 0. The van der Waals surface area contributed by atoms with Gasteiger partial charge in [0.1, 0.15) is 0 Å². The quantitative estimate of drug-likeness (QED) is 0.692. The van der Waals surface area contributed by atoms with Crippen molar-refractivity contribution in [1.82, 2.24) is 9.78 Å². The molecule has 0 bridgehead atoms. The molecule has 0 N–H and O–H groups in total. The van der Waals surface area contributed by atoms with E-state index in [0.717, 1.165) is 10.6 Å². The number of aryl methyl sites for hydroxylation is 1. The first kappa shape index (κ1) is 16.1. The number of hydrogen-bond acceptors (Lipinski definition) is 1. The van der Waals surface area contributed by atoms with E-state index in [1.807, 2.05) is 64.6 Å². The van der Waals surface area contributed by atoms with Gasteiger partial charge in [0.05, 0.1) is 11.5 Å². The van der Waals surface area contributed by atoms with Crippen molar-refractivity contribution in [2.75, 3.05) is 0 Å². The zero-order chi connectivity index (χ0) is 12.3. The molecular weight excluding hydrogens is 184 g/mol. The van der Waals surface area contributed by atoms with Crippen LogP contribution in [0, 0.1) is 0 Å². The van der Waals surface area contributed by atoms with Gasteiger partial charge in [0.15, 0.2) is 0 Å². The highest BCUT2D eigenvalue weighted by Gasteiger charge is 1.86. The summed E-state index contributed by atoms with van der Waals surface area (Å²) in [7, 11) is 1.91. The number of allylic oxidation sites excluding steroid dienone is 2. The summed E-state index contributed by atoms with van der Waals surface area (Å²) in [6, 6.07) is 0. The number of nitrogens with zero attached hydrogens (tertiary/aromatic N) is 2. The molecule has 0 atom stereocenters. The molecule has 2 heteroatoms. The fourth-order valence-electron chi connectivity index (χ4n) is 0.895. The van der Waals surface area contributed by atoms with Crippen LogP contribution in [0.3, 0.4) is 0 Å². The molecule has 0 spiro atoms. The van der Waals surface area contributed by atoms with Crippen molar-refractivity contribution in [2.24, 2.45) is 7.05 Å². The van der Waals surface area contributed by atoms with E-state index in [1.54, 1.807) is 6.20 Å². The Labute approximate surface area is 93.6 Å². The summed E-state index contributed by atoms with van der Waals surface area (Å²) in [5.74, 6) is 0. The molecule has 0 saturated carbocycles. The molecule has 0 aliphatic heterocycles. The van der Waals surface area contributed by atoms with E-state index >= 15 is 0 Å². The molecule has 86 valence electrons. The Morgan fingerprint density at radius 1 is 1.27 bits per heavy atom. The highest BCUT2D eigenvalue weighted by molar-refractivity contribution is 5.34. The van der Waals surface area contributed by atoms with Crippen molar-refractivity contribution in [3.8, 4) is 0 Å². The van der Waals surface area contributed by atoms with Crippen LogP contribution in [0.5, 0.6) is 0 Å². The van der Waals surface area contributed by atoms with Crippen LogP contribution in [0.2, 0.25) is 0 Å². The first-order valence-corrected chi connectivity index (χ1v) is 5.55. The Balaban J connectivity index is 0. The minimum absolute atomic E-state index is 0.964. The fraction of sp³-hybridized carbons (Fsp3) is 0.462. The van der Waals surface area contributed by atoms with E-state index in [4.69, 9.17) is 0 Å². The molecule has 15 heavy (non-hydrogen) atoms. The summed E-state index contributed by atoms with van der Waals surface area (Å²) in [5.41, 5.74) is 0. The summed E-state index contributed by atoms with van der Waals surface area (Å²) in [6.07, 6.45) is 7.71. The Morgan fingerprint density at radius 2 is 1.80 bits per heavy atom. The van der Waals surface area contributed by atoms with E-state index in [9.17, 15) is 0 Å². The largest absolute Gasteiger partial charge is 0.268 e. The molecule has 0 radical (unpaired) electrons. The monoisotopic (exact) mass is 208 g/mol. The molecule has 1 heterocycles. The molecule has 1 rings (SSSR count). The predicted octanol–water partition coefficient (Wildman–Crippen LogP) is 2.24. The Kier molecular flexibility index (Phi) is 11.6. The van der Waals surface area contributed by atoms with Crippen LogP contribution in [-0.2, 0) is 7.05 Å². The molecule has 0 fully saturated rings. The maximum Gasteiger partial charge on any atom is 0.0672 e. The van der Waals surface area contributed by atoms with Crippen LogP contribution in [0.25, 0.3) is 12.7 Å². The Morgan fingerprint density at radius 3 is 2.13 bits per heavy atom. The molecule has 0 amide bonds. The van der Waals surface area contributed by atoms with Gasteiger partial charge in [-0.25, -0.2) is 0 Å². The van der Waals surface area contributed by atoms with Gasteiger partial charge in [-0.05, 0) is 13.0 Å². The van der Waals surface area contributed by atoms with Gasteiger partial charge < -0.3 is 0 Å². The van der Waals surface area contributed by atoms with E-state index in [1.165, 1.54) is 0 Å². The van der Waals surface area contributed by atoms with Crippen molar-refractivity contribution in [3.05, 3.63) is 28.9 Å². The van der Waals surface area contributed by atoms with E-state index in [0.29, 0.717) is 0 Å². The highest BCUT2D eigenvalue weighted by atomic mass is 15.2. The summed E-state index contributed by atoms with van der Waals surface area (Å²) in [4.78, 5) is 0. The van der Waals surface area contributed by atoms with Crippen molar-refractivity contribution < 1.29 is 0 Å². The van der Waals surface area contributed by atoms with E-state index in [-0.39, 0.29) is 0 Å². The minimum Gasteiger partial charge on any atom is -0.268 e. The third-order valence-electron chi connectivity index (χ3n) is 1.51. The van der Waals surface area contributed by atoms with Gasteiger partial charge in [-0.1, -0.05) is 46.4 Å². The van der Waals surface area contributed by atoms with Crippen molar-refractivity contribution in [2.45, 2.75) is 34.6 Å². The van der Waals surface area contributed by atoms with Gasteiger partial charge in [-0.15, -0.1) is 0 Å². The van der Waals surface area contributed by atoms with Gasteiger partial charge >= 0.3 is 0 Å². The SMILES string of the molecule is C=c1cnn(C)/c1=C/C=C\C.CC.CC. The van der Waals surface area contributed by atoms with Gasteiger partial charge in [0, 0.05) is 12.3 Å². The summed E-state index contributed by atoms with van der Waals surface area (Å²) in [5, 5.41) is 6.08. The lowest BCUT2D eigenvalue weighted by atomic mass is 10.4. The topological polar surface area (TPSA) is 17.8 Å². The third kappa shape index (κ3) is 5.89. The summed E-state index contributed by atoms with van der Waals surface area (Å²) < 4.78 is 1.81. The minimum atomic E-state index is 0.964. The maximum atomic E-state index is 4.06. The lowest BCUT2D eigenvalue weighted by Gasteiger charge is -1.85.